The van der Waals surface area contributed by atoms with E-state index in [0.29, 0.717) is 30.4 Å². The van der Waals surface area contributed by atoms with Crippen LogP contribution in [-0.2, 0) is 11.2 Å². The fraction of sp³-hybridized carbons (Fsp3) is 0.385. The van der Waals surface area contributed by atoms with Crippen molar-refractivity contribution in [3.63, 3.8) is 0 Å². The standard InChI is InChI=1S/C13H15NO4/c1-4-10-11(13(15)16-5-2)18-12(14-10)9-6-7-17-8(9)3/h6-7H,4-5H2,1-3H3. The lowest BCUT2D eigenvalue weighted by molar-refractivity contribution is 0.0489. The van der Waals surface area contributed by atoms with E-state index < -0.39 is 5.97 Å². The lowest BCUT2D eigenvalue weighted by atomic mass is 10.2. The number of hydrogen-bond acceptors (Lipinski definition) is 5. The van der Waals surface area contributed by atoms with Crippen LogP contribution < -0.4 is 0 Å². The minimum absolute atomic E-state index is 0.176. The molecule has 0 saturated heterocycles. The summed E-state index contributed by atoms with van der Waals surface area (Å²) < 4.78 is 15.6. The summed E-state index contributed by atoms with van der Waals surface area (Å²) in [7, 11) is 0. The van der Waals surface area contributed by atoms with Gasteiger partial charge in [0, 0.05) is 0 Å². The van der Waals surface area contributed by atoms with Crippen LogP contribution >= 0.6 is 0 Å². The van der Waals surface area contributed by atoms with Gasteiger partial charge in [0.2, 0.25) is 11.7 Å². The molecular formula is C13H15NO4. The molecule has 2 rings (SSSR count). The summed E-state index contributed by atoms with van der Waals surface area (Å²) in [5.41, 5.74) is 1.35. The van der Waals surface area contributed by atoms with Crippen LogP contribution in [0.2, 0.25) is 0 Å². The summed E-state index contributed by atoms with van der Waals surface area (Å²) in [4.78, 5) is 16.0. The van der Waals surface area contributed by atoms with Crippen LogP contribution in [0.1, 0.15) is 35.9 Å². The van der Waals surface area contributed by atoms with E-state index in [1.807, 2.05) is 13.8 Å². The molecule has 2 heterocycles. The zero-order chi connectivity index (χ0) is 13.1. The minimum atomic E-state index is -0.478. The Bertz CT molecular complexity index is 553. The maximum absolute atomic E-state index is 11.7. The lowest BCUT2D eigenvalue weighted by Crippen LogP contribution is -2.05. The van der Waals surface area contributed by atoms with Crippen LogP contribution in [0.15, 0.2) is 21.2 Å². The van der Waals surface area contributed by atoms with Gasteiger partial charge >= 0.3 is 5.97 Å². The van der Waals surface area contributed by atoms with Crippen molar-refractivity contribution >= 4 is 5.97 Å². The topological polar surface area (TPSA) is 65.5 Å². The summed E-state index contributed by atoms with van der Waals surface area (Å²) in [6.45, 7) is 5.78. The first-order valence-corrected chi connectivity index (χ1v) is 5.88. The van der Waals surface area contributed by atoms with E-state index in [1.165, 1.54) is 0 Å². The number of nitrogens with zero attached hydrogens (tertiary/aromatic N) is 1. The first-order chi connectivity index (χ1) is 8.67. The Hall–Kier alpha value is -2.04. The summed E-state index contributed by atoms with van der Waals surface area (Å²) >= 11 is 0. The Morgan fingerprint density at radius 3 is 2.78 bits per heavy atom. The van der Waals surface area contributed by atoms with Gasteiger partial charge in [-0.05, 0) is 26.3 Å². The van der Waals surface area contributed by atoms with Crippen molar-refractivity contribution in [2.24, 2.45) is 0 Å². The van der Waals surface area contributed by atoms with Gasteiger partial charge in [-0.3, -0.25) is 0 Å². The molecule has 0 aromatic carbocycles. The van der Waals surface area contributed by atoms with Crippen LogP contribution in [0, 0.1) is 6.92 Å². The van der Waals surface area contributed by atoms with E-state index in [9.17, 15) is 4.79 Å². The van der Waals surface area contributed by atoms with Gasteiger partial charge in [-0.15, -0.1) is 0 Å². The Morgan fingerprint density at radius 2 is 2.22 bits per heavy atom. The molecule has 0 radical (unpaired) electrons. The van der Waals surface area contributed by atoms with E-state index in [1.54, 1.807) is 19.3 Å². The van der Waals surface area contributed by atoms with Crippen LogP contribution in [0.5, 0.6) is 0 Å². The zero-order valence-corrected chi connectivity index (χ0v) is 10.6. The molecule has 0 spiro atoms. The summed E-state index contributed by atoms with van der Waals surface area (Å²) in [6.07, 6.45) is 2.17. The molecule has 0 N–H and O–H groups in total. The van der Waals surface area contributed by atoms with Gasteiger partial charge in [0.25, 0.3) is 0 Å². The van der Waals surface area contributed by atoms with Crippen LogP contribution in [0.3, 0.4) is 0 Å². The smallest absolute Gasteiger partial charge is 0.376 e. The second kappa shape index (κ2) is 5.08. The molecule has 0 saturated carbocycles. The number of ether oxygens (including phenoxy) is 1. The Balaban J connectivity index is 2.41. The maximum atomic E-state index is 11.7. The average molecular weight is 249 g/mol. The molecule has 0 bridgehead atoms. The zero-order valence-electron chi connectivity index (χ0n) is 10.6. The highest BCUT2D eigenvalue weighted by molar-refractivity contribution is 5.88. The molecule has 0 fully saturated rings. The normalized spacial score (nSPS) is 10.6. The lowest BCUT2D eigenvalue weighted by Gasteiger charge is -1.98. The van der Waals surface area contributed by atoms with Gasteiger partial charge in [-0.2, -0.15) is 0 Å². The molecule has 96 valence electrons. The number of rotatable bonds is 4. The fourth-order valence-electron chi connectivity index (χ4n) is 1.67. The molecule has 5 heteroatoms. The van der Waals surface area contributed by atoms with E-state index in [4.69, 9.17) is 13.6 Å². The monoisotopic (exact) mass is 249 g/mol. The molecule has 5 nitrogen and oxygen atoms in total. The summed E-state index contributed by atoms with van der Waals surface area (Å²) in [5, 5.41) is 0. The van der Waals surface area contributed by atoms with Crippen LogP contribution in [0.25, 0.3) is 11.5 Å². The first-order valence-electron chi connectivity index (χ1n) is 5.88. The van der Waals surface area contributed by atoms with Gasteiger partial charge in [0.15, 0.2) is 0 Å². The van der Waals surface area contributed by atoms with E-state index >= 15 is 0 Å². The predicted molar refractivity (Wildman–Crippen MR) is 64.3 cm³/mol. The summed E-state index contributed by atoms with van der Waals surface area (Å²) in [5.74, 6) is 0.791. The largest absolute Gasteiger partial charge is 0.469 e. The summed E-state index contributed by atoms with van der Waals surface area (Å²) in [6, 6.07) is 1.76. The van der Waals surface area contributed by atoms with Crippen molar-refractivity contribution in [1.82, 2.24) is 4.98 Å². The van der Waals surface area contributed by atoms with E-state index in [2.05, 4.69) is 4.98 Å². The third kappa shape index (κ3) is 2.16. The number of hydrogen-bond donors (Lipinski definition) is 0. The van der Waals surface area contributed by atoms with Crippen molar-refractivity contribution < 1.29 is 18.4 Å². The van der Waals surface area contributed by atoms with E-state index in [0.717, 1.165) is 5.56 Å². The second-order valence-electron chi connectivity index (χ2n) is 3.76. The Morgan fingerprint density at radius 1 is 1.44 bits per heavy atom. The highest BCUT2D eigenvalue weighted by Gasteiger charge is 2.22. The number of esters is 1. The van der Waals surface area contributed by atoms with E-state index in [-0.39, 0.29) is 5.76 Å². The van der Waals surface area contributed by atoms with Crippen LogP contribution in [0.4, 0.5) is 0 Å². The molecule has 0 aliphatic rings. The molecule has 2 aromatic rings. The van der Waals surface area contributed by atoms with Gasteiger partial charge in [0.1, 0.15) is 5.76 Å². The number of aromatic nitrogens is 1. The second-order valence-corrected chi connectivity index (χ2v) is 3.76. The number of aryl methyl sites for hydroxylation is 2. The average Bonchev–Trinajstić information content (AvgIpc) is 2.94. The third-order valence-corrected chi connectivity index (χ3v) is 2.58. The number of carbonyl (C=O) groups excluding carboxylic acids is 1. The Kier molecular flexibility index (Phi) is 3.50. The molecule has 2 aromatic heterocycles. The van der Waals surface area contributed by atoms with Crippen molar-refractivity contribution in [2.75, 3.05) is 6.61 Å². The highest BCUT2D eigenvalue weighted by Crippen LogP contribution is 2.26. The quantitative estimate of drug-likeness (QED) is 0.779. The van der Waals surface area contributed by atoms with Crippen LogP contribution in [-0.4, -0.2) is 17.6 Å². The molecule has 18 heavy (non-hydrogen) atoms. The molecular weight excluding hydrogens is 234 g/mol. The predicted octanol–water partition coefficient (Wildman–Crippen LogP) is 2.98. The molecule has 0 unspecified atom stereocenters. The molecule has 0 aliphatic carbocycles. The fourth-order valence-corrected chi connectivity index (χ4v) is 1.67. The Labute approximate surface area is 105 Å². The van der Waals surface area contributed by atoms with Crippen molar-refractivity contribution in [2.45, 2.75) is 27.2 Å². The number of furan rings is 1. The van der Waals surface area contributed by atoms with Gasteiger partial charge < -0.3 is 13.6 Å². The number of carbonyl (C=O) groups is 1. The van der Waals surface area contributed by atoms with Gasteiger partial charge in [0.05, 0.1) is 24.1 Å². The van der Waals surface area contributed by atoms with Crippen molar-refractivity contribution in [1.29, 1.82) is 0 Å². The van der Waals surface area contributed by atoms with Gasteiger partial charge in [-0.1, -0.05) is 6.92 Å². The third-order valence-electron chi connectivity index (χ3n) is 2.58. The molecule has 0 aliphatic heterocycles. The van der Waals surface area contributed by atoms with Gasteiger partial charge in [-0.25, -0.2) is 9.78 Å². The maximum Gasteiger partial charge on any atom is 0.376 e. The number of oxazole rings is 1. The van der Waals surface area contributed by atoms with Crippen molar-refractivity contribution in [3.05, 3.63) is 29.5 Å². The van der Waals surface area contributed by atoms with Crippen molar-refractivity contribution in [3.8, 4) is 11.5 Å². The SMILES string of the molecule is CCOC(=O)c1oc(-c2ccoc2C)nc1CC. The molecule has 0 amide bonds. The first kappa shape index (κ1) is 12.4. The molecule has 0 atom stereocenters. The minimum Gasteiger partial charge on any atom is -0.469 e. The highest BCUT2D eigenvalue weighted by atomic mass is 16.5.